The van der Waals surface area contributed by atoms with Crippen molar-refractivity contribution in [1.29, 1.82) is 0 Å². The number of imidazole rings is 1. The van der Waals surface area contributed by atoms with Gasteiger partial charge in [-0.3, -0.25) is 14.9 Å². The van der Waals surface area contributed by atoms with E-state index in [1.807, 2.05) is 84.9 Å². The number of carbonyl (C=O) groups excluding carboxylic acids is 3. The molecule has 0 spiro atoms. The Balaban J connectivity index is 0.948. The van der Waals surface area contributed by atoms with Crippen LogP contribution in [-0.2, 0) is 37.0 Å². The van der Waals surface area contributed by atoms with Crippen LogP contribution in [0.3, 0.4) is 0 Å². The van der Waals surface area contributed by atoms with Crippen molar-refractivity contribution in [1.82, 2.24) is 20.2 Å². The summed E-state index contributed by atoms with van der Waals surface area (Å²) in [6.45, 7) is 1.16. The number of hydrogen-bond donors (Lipinski definition) is 3. The minimum Gasteiger partial charge on any atom is -0.486 e. The smallest absolute Gasteiger partial charge is 0.416 e. The van der Waals surface area contributed by atoms with Gasteiger partial charge in [-0.1, -0.05) is 66.4 Å². The Labute approximate surface area is 324 Å². The molecule has 0 aliphatic carbocycles. The topological polar surface area (TPSA) is 124 Å². The van der Waals surface area contributed by atoms with Gasteiger partial charge in [0.2, 0.25) is 5.91 Å². The quantitative estimate of drug-likeness (QED) is 0.0943. The number of urea groups is 1. The number of fused-ring (bicyclic) bond motifs is 1. The largest absolute Gasteiger partial charge is 0.486 e. The SMILES string of the molecule is O=C(NCCCc1ccc(Oc2ccc3nc(COc4ccc(CC5SC(=O)NC5=O)cc4)n(Cc4ccccc4)c3c2)cc1)Nc1ccc(C(F)(F)F)cc1. The molecule has 10 nitrogen and oxygen atoms in total. The minimum atomic E-state index is -4.43. The van der Waals surface area contributed by atoms with Gasteiger partial charge in [0.1, 0.15) is 29.7 Å². The molecule has 5 aromatic carbocycles. The van der Waals surface area contributed by atoms with E-state index in [1.165, 1.54) is 12.1 Å². The molecule has 14 heteroatoms. The average Bonchev–Trinajstić information content (AvgIpc) is 3.70. The first-order valence-corrected chi connectivity index (χ1v) is 18.7. The van der Waals surface area contributed by atoms with Crippen LogP contribution < -0.4 is 25.4 Å². The molecule has 1 aliphatic rings. The first-order valence-electron chi connectivity index (χ1n) is 17.8. The molecule has 3 N–H and O–H groups in total. The Morgan fingerprint density at radius 2 is 1.52 bits per heavy atom. The summed E-state index contributed by atoms with van der Waals surface area (Å²) >= 11 is 1.01. The second-order valence-electron chi connectivity index (χ2n) is 13.1. The van der Waals surface area contributed by atoms with Crippen molar-refractivity contribution < 1.29 is 37.0 Å². The molecule has 2 heterocycles. The summed E-state index contributed by atoms with van der Waals surface area (Å²) in [5, 5.41) is 6.84. The molecule has 1 fully saturated rings. The summed E-state index contributed by atoms with van der Waals surface area (Å²) in [7, 11) is 0. The monoisotopic (exact) mass is 779 g/mol. The average molecular weight is 780 g/mol. The molecule has 4 amide bonds. The highest BCUT2D eigenvalue weighted by Crippen LogP contribution is 2.31. The number of thioether (sulfide) groups is 1. The maximum atomic E-state index is 12.8. The summed E-state index contributed by atoms with van der Waals surface area (Å²) in [4.78, 5) is 40.6. The fourth-order valence-electron chi connectivity index (χ4n) is 6.15. The predicted molar refractivity (Wildman–Crippen MR) is 208 cm³/mol. The first-order chi connectivity index (χ1) is 27.1. The zero-order valence-corrected chi connectivity index (χ0v) is 30.7. The van der Waals surface area contributed by atoms with Crippen LogP contribution in [0.25, 0.3) is 11.0 Å². The van der Waals surface area contributed by atoms with Gasteiger partial charge in [0.15, 0.2) is 0 Å². The number of halogens is 3. The van der Waals surface area contributed by atoms with Crippen LogP contribution in [-0.4, -0.2) is 38.5 Å². The molecule has 286 valence electrons. The summed E-state index contributed by atoms with van der Waals surface area (Å²) in [6, 6.07) is 34.8. The maximum Gasteiger partial charge on any atom is 0.416 e. The van der Waals surface area contributed by atoms with Gasteiger partial charge in [0, 0.05) is 24.8 Å². The van der Waals surface area contributed by atoms with Gasteiger partial charge in [0.25, 0.3) is 5.24 Å². The highest BCUT2D eigenvalue weighted by Gasteiger charge is 2.31. The van der Waals surface area contributed by atoms with Crippen LogP contribution in [0, 0.1) is 0 Å². The molecule has 0 radical (unpaired) electrons. The Hall–Kier alpha value is -6.28. The van der Waals surface area contributed by atoms with Gasteiger partial charge < -0.3 is 24.7 Å². The standard InChI is InChI=1S/C42H36F3N5O5S/c43-42(44,45)30-12-14-31(15-13-30)47-40(52)46-22-4-7-27-8-18-33(19-9-27)55-34-20-21-35-36(24-34)50(25-29-5-2-1-3-6-29)38(48-35)26-54-32-16-10-28(11-17-32)23-37-39(51)49-41(53)56-37/h1-3,5-6,8-21,24,37H,4,7,22-23,25-26H2,(H2,46,47,52)(H,49,51,53). The molecule has 1 saturated heterocycles. The number of aromatic nitrogens is 2. The highest BCUT2D eigenvalue weighted by molar-refractivity contribution is 8.15. The van der Waals surface area contributed by atoms with Crippen LogP contribution >= 0.6 is 11.8 Å². The highest BCUT2D eigenvalue weighted by atomic mass is 32.2. The Morgan fingerprint density at radius 3 is 2.21 bits per heavy atom. The molecule has 1 atom stereocenters. The molecule has 1 aromatic heterocycles. The van der Waals surface area contributed by atoms with Gasteiger partial charge in [-0.25, -0.2) is 9.78 Å². The molecule has 1 aliphatic heterocycles. The van der Waals surface area contributed by atoms with E-state index in [0.717, 1.165) is 57.4 Å². The third-order valence-electron chi connectivity index (χ3n) is 9.02. The number of amides is 4. The second kappa shape index (κ2) is 17.0. The number of aryl methyl sites for hydroxylation is 1. The third-order valence-corrected chi connectivity index (χ3v) is 10.00. The van der Waals surface area contributed by atoms with Crippen LogP contribution in [0.5, 0.6) is 17.2 Å². The molecule has 6 aromatic rings. The van der Waals surface area contributed by atoms with Gasteiger partial charge in [0.05, 0.1) is 21.8 Å². The molecular formula is C42H36F3N5O5S. The predicted octanol–water partition coefficient (Wildman–Crippen LogP) is 9.12. The van der Waals surface area contributed by atoms with Gasteiger partial charge in [-0.15, -0.1) is 0 Å². The van der Waals surface area contributed by atoms with Crippen molar-refractivity contribution in [2.24, 2.45) is 0 Å². The summed E-state index contributed by atoms with van der Waals surface area (Å²) < 4.78 is 52.8. The number of carbonyl (C=O) groups is 3. The van der Waals surface area contributed by atoms with E-state index in [4.69, 9.17) is 14.5 Å². The molecule has 1 unspecified atom stereocenters. The van der Waals surface area contributed by atoms with E-state index in [0.29, 0.717) is 49.6 Å². The Kier molecular flexibility index (Phi) is 11.6. The van der Waals surface area contributed by atoms with Crippen molar-refractivity contribution in [3.05, 3.63) is 149 Å². The van der Waals surface area contributed by atoms with Crippen molar-refractivity contribution in [3.63, 3.8) is 0 Å². The summed E-state index contributed by atoms with van der Waals surface area (Å²) in [6.07, 6.45) is -2.64. The molecule has 7 rings (SSSR count). The van der Waals surface area contributed by atoms with E-state index in [1.54, 1.807) is 0 Å². The van der Waals surface area contributed by atoms with Crippen LogP contribution in [0.4, 0.5) is 28.4 Å². The number of anilines is 1. The Bertz CT molecular complexity index is 2320. The van der Waals surface area contributed by atoms with E-state index < -0.39 is 23.0 Å². The van der Waals surface area contributed by atoms with Crippen molar-refractivity contribution >= 4 is 45.7 Å². The lowest BCUT2D eigenvalue weighted by atomic mass is 10.1. The number of rotatable bonds is 14. The van der Waals surface area contributed by atoms with Crippen molar-refractivity contribution in [2.75, 3.05) is 11.9 Å². The summed E-state index contributed by atoms with van der Waals surface area (Å²) in [5.41, 5.74) is 4.24. The number of imide groups is 1. The lowest BCUT2D eigenvalue weighted by Crippen LogP contribution is -2.29. The number of nitrogens with zero attached hydrogens (tertiary/aromatic N) is 2. The normalized spacial score (nSPS) is 14.1. The molecular weight excluding hydrogens is 744 g/mol. The minimum absolute atomic E-state index is 0.216. The number of benzene rings is 5. The number of nitrogens with one attached hydrogen (secondary N) is 3. The molecule has 0 saturated carbocycles. The zero-order chi connectivity index (χ0) is 39.1. The second-order valence-corrected chi connectivity index (χ2v) is 14.3. The van der Waals surface area contributed by atoms with Gasteiger partial charge in [-0.2, -0.15) is 13.2 Å². The van der Waals surface area contributed by atoms with E-state index in [2.05, 4.69) is 32.7 Å². The lowest BCUT2D eigenvalue weighted by Gasteiger charge is -2.12. The third kappa shape index (κ3) is 9.87. The van der Waals surface area contributed by atoms with E-state index in [-0.39, 0.29) is 23.4 Å². The van der Waals surface area contributed by atoms with Crippen molar-refractivity contribution in [2.45, 2.75) is 43.8 Å². The van der Waals surface area contributed by atoms with Crippen LogP contribution in [0.2, 0.25) is 0 Å². The fourth-order valence-corrected chi connectivity index (χ4v) is 7.01. The number of alkyl halides is 3. The van der Waals surface area contributed by atoms with Crippen LogP contribution in [0.15, 0.2) is 121 Å². The molecule has 0 bridgehead atoms. The summed E-state index contributed by atoms with van der Waals surface area (Å²) in [5.74, 6) is 2.41. The van der Waals surface area contributed by atoms with Gasteiger partial charge in [-0.05, 0) is 96.6 Å². The fraction of sp³-hybridized carbons (Fsp3) is 0.190. The van der Waals surface area contributed by atoms with Crippen molar-refractivity contribution in [3.8, 4) is 17.2 Å². The van der Waals surface area contributed by atoms with E-state index >= 15 is 0 Å². The zero-order valence-electron chi connectivity index (χ0n) is 29.8. The van der Waals surface area contributed by atoms with Crippen LogP contribution in [0.1, 0.15) is 34.5 Å². The Morgan fingerprint density at radius 1 is 0.821 bits per heavy atom. The number of hydrogen-bond acceptors (Lipinski definition) is 7. The lowest BCUT2D eigenvalue weighted by molar-refractivity contribution is -0.137. The maximum absolute atomic E-state index is 12.8. The number of ether oxygens (including phenoxy) is 2. The molecule has 56 heavy (non-hydrogen) atoms. The first kappa shape index (κ1) is 38.0. The van der Waals surface area contributed by atoms with E-state index in [9.17, 15) is 27.6 Å². The van der Waals surface area contributed by atoms with Gasteiger partial charge >= 0.3 is 12.2 Å².